The van der Waals surface area contributed by atoms with Crippen LogP contribution < -0.4 is 11.1 Å². The number of nitrogens with one attached hydrogen (secondary N) is 1. The van der Waals surface area contributed by atoms with Crippen LogP contribution in [0.4, 0.5) is 0 Å². The molecule has 2 amide bonds. The van der Waals surface area contributed by atoms with Gasteiger partial charge in [0, 0.05) is 26.2 Å². The van der Waals surface area contributed by atoms with Gasteiger partial charge in [-0.25, -0.2) is 0 Å². The van der Waals surface area contributed by atoms with E-state index >= 15 is 0 Å². The van der Waals surface area contributed by atoms with E-state index < -0.39 is 11.8 Å². The Morgan fingerprint density at radius 2 is 2.06 bits per heavy atom. The molecule has 1 fully saturated rings. The quantitative estimate of drug-likeness (QED) is 0.565. The SMILES string of the molecule is CC(C(N)=O)C(=O)NCCN1CCOCC1. The summed E-state index contributed by atoms with van der Waals surface area (Å²) in [5, 5.41) is 2.69. The highest BCUT2D eigenvalue weighted by Gasteiger charge is 2.18. The van der Waals surface area contributed by atoms with Gasteiger partial charge >= 0.3 is 0 Å². The summed E-state index contributed by atoms with van der Waals surface area (Å²) in [5.74, 6) is -1.66. The van der Waals surface area contributed by atoms with E-state index in [4.69, 9.17) is 10.5 Å². The lowest BCUT2D eigenvalue weighted by atomic mass is 10.1. The molecule has 1 saturated heterocycles. The van der Waals surface area contributed by atoms with Crippen molar-refractivity contribution in [1.82, 2.24) is 10.2 Å². The average Bonchev–Trinajstić information content (AvgIpc) is 2.29. The topological polar surface area (TPSA) is 84.7 Å². The molecule has 16 heavy (non-hydrogen) atoms. The summed E-state index contributed by atoms with van der Waals surface area (Å²) < 4.78 is 5.21. The summed E-state index contributed by atoms with van der Waals surface area (Å²) in [7, 11) is 0. The molecule has 1 unspecified atom stereocenters. The predicted octanol–water partition coefficient (Wildman–Crippen LogP) is -1.44. The van der Waals surface area contributed by atoms with Gasteiger partial charge < -0.3 is 15.8 Å². The van der Waals surface area contributed by atoms with Gasteiger partial charge in [0.25, 0.3) is 0 Å². The third-order valence-electron chi connectivity index (χ3n) is 2.65. The molecule has 0 saturated carbocycles. The second-order valence-corrected chi connectivity index (χ2v) is 3.87. The molecule has 0 aliphatic carbocycles. The van der Waals surface area contributed by atoms with Crippen molar-refractivity contribution in [2.75, 3.05) is 39.4 Å². The fourth-order valence-electron chi connectivity index (χ4n) is 1.44. The van der Waals surface area contributed by atoms with Crippen molar-refractivity contribution >= 4 is 11.8 Å². The Kier molecular flexibility index (Phi) is 5.21. The molecule has 1 atom stereocenters. The number of morpholine rings is 1. The maximum Gasteiger partial charge on any atom is 0.232 e. The number of nitrogens with zero attached hydrogens (tertiary/aromatic N) is 1. The van der Waals surface area contributed by atoms with E-state index in [1.54, 1.807) is 0 Å². The molecule has 6 heteroatoms. The molecule has 0 bridgehead atoms. The lowest BCUT2D eigenvalue weighted by Crippen LogP contribution is -2.43. The molecule has 1 heterocycles. The van der Waals surface area contributed by atoms with Gasteiger partial charge in [-0.2, -0.15) is 0 Å². The van der Waals surface area contributed by atoms with Gasteiger partial charge in [-0.1, -0.05) is 0 Å². The van der Waals surface area contributed by atoms with Crippen LogP contribution >= 0.6 is 0 Å². The number of carbonyl (C=O) groups is 2. The van der Waals surface area contributed by atoms with Crippen molar-refractivity contribution in [1.29, 1.82) is 0 Å². The summed E-state index contributed by atoms with van der Waals surface area (Å²) in [5.41, 5.74) is 5.02. The number of primary amides is 1. The van der Waals surface area contributed by atoms with Crippen LogP contribution in [0.2, 0.25) is 0 Å². The molecular weight excluding hydrogens is 210 g/mol. The van der Waals surface area contributed by atoms with Crippen LogP contribution in [0.1, 0.15) is 6.92 Å². The molecule has 0 radical (unpaired) electrons. The molecule has 92 valence electrons. The van der Waals surface area contributed by atoms with Crippen LogP contribution in [0, 0.1) is 5.92 Å². The third-order valence-corrected chi connectivity index (χ3v) is 2.65. The van der Waals surface area contributed by atoms with Crippen LogP contribution in [-0.4, -0.2) is 56.1 Å². The number of carbonyl (C=O) groups excluding carboxylic acids is 2. The average molecular weight is 229 g/mol. The lowest BCUT2D eigenvalue weighted by Gasteiger charge is -2.26. The molecule has 1 aliphatic rings. The van der Waals surface area contributed by atoms with Gasteiger partial charge in [0.05, 0.1) is 13.2 Å². The molecule has 0 aromatic carbocycles. The summed E-state index contributed by atoms with van der Waals surface area (Å²) in [6.07, 6.45) is 0. The van der Waals surface area contributed by atoms with Crippen molar-refractivity contribution in [3.05, 3.63) is 0 Å². The third kappa shape index (κ3) is 4.16. The van der Waals surface area contributed by atoms with Gasteiger partial charge in [-0.15, -0.1) is 0 Å². The van der Waals surface area contributed by atoms with Crippen LogP contribution in [-0.2, 0) is 14.3 Å². The molecule has 0 spiro atoms. The van der Waals surface area contributed by atoms with E-state index in [2.05, 4.69) is 10.2 Å². The van der Waals surface area contributed by atoms with E-state index in [0.717, 1.165) is 32.8 Å². The van der Waals surface area contributed by atoms with Crippen LogP contribution in [0.25, 0.3) is 0 Å². The van der Waals surface area contributed by atoms with Gasteiger partial charge in [-0.05, 0) is 6.92 Å². The molecular formula is C10H19N3O3. The monoisotopic (exact) mass is 229 g/mol. The smallest absolute Gasteiger partial charge is 0.232 e. The Morgan fingerprint density at radius 3 is 2.62 bits per heavy atom. The fraction of sp³-hybridized carbons (Fsp3) is 0.800. The zero-order valence-corrected chi connectivity index (χ0v) is 9.57. The zero-order valence-electron chi connectivity index (χ0n) is 9.57. The van der Waals surface area contributed by atoms with Crippen molar-refractivity contribution in [2.45, 2.75) is 6.92 Å². The number of hydrogen-bond donors (Lipinski definition) is 2. The lowest BCUT2D eigenvalue weighted by molar-refractivity contribution is -0.132. The minimum absolute atomic E-state index is 0.305. The second kappa shape index (κ2) is 6.44. The van der Waals surface area contributed by atoms with E-state index in [0.29, 0.717) is 6.54 Å². The number of rotatable bonds is 5. The number of nitrogens with two attached hydrogens (primary N) is 1. The molecule has 3 N–H and O–H groups in total. The van der Waals surface area contributed by atoms with E-state index in [1.807, 2.05) is 0 Å². The maximum absolute atomic E-state index is 11.4. The Bertz CT molecular complexity index is 252. The summed E-state index contributed by atoms with van der Waals surface area (Å²) in [6, 6.07) is 0. The van der Waals surface area contributed by atoms with Crippen molar-refractivity contribution in [3.63, 3.8) is 0 Å². The number of hydrogen-bond acceptors (Lipinski definition) is 4. The Labute approximate surface area is 95.1 Å². The first-order chi connectivity index (χ1) is 7.61. The highest BCUT2D eigenvalue weighted by Crippen LogP contribution is 1.96. The first kappa shape index (κ1) is 12.9. The van der Waals surface area contributed by atoms with Crippen molar-refractivity contribution in [3.8, 4) is 0 Å². The second-order valence-electron chi connectivity index (χ2n) is 3.87. The summed E-state index contributed by atoms with van der Waals surface area (Å²) >= 11 is 0. The van der Waals surface area contributed by atoms with Crippen molar-refractivity contribution < 1.29 is 14.3 Å². The van der Waals surface area contributed by atoms with E-state index in [9.17, 15) is 9.59 Å². The molecule has 1 rings (SSSR count). The van der Waals surface area contributed by atoms with Crippen molar-refractivity contribution in [2.24, 2.45) is 11.7 Å². The maximum atomic E-state index is 11.4. The fourth-order valence-corrected chi connectivity index (χ4v) is 1.44. The van der Waals surface area contributed by atoms with Gasteiger partial charge in [0.15, 0.2) is 0 Å². The predicted molar refractivity (Wildman–Crippen MR) is 58.6 cm³/mol. The molecule has 6 nitrogen and oxygen atoms in total. The molecule has 0 aromatic heterocycles. The van der Waals surface area contributed by atoms with Gasteiger partial charge in [-0.3, -0.25) is 14.5 Å². The number of amides is 2. The van der Waals surface area contributed by atoms with Crippen LogP contribution in [0.3, 0.4) is 0 Å². The highest BCUT2D eigenvalue weighted by molar-refractivity contribution is 5.99. The zero-order chi connectivity index (χ0) is 12.0. The summed E-state index contributed by atoms with van der Waals surface area (Å²) in [6.45, 7) is 6.09. The van der Waals surface area contributed by atoms with Crippen LogP contribution in [0.15, 0.2) is 0 Å². The van der Waals surface area contributed by atoms with Gasteiger partial charge in [0.1, 0.15) is 5.92 Å². The highest BCUT2D eigenvalue weighted by atomic mass is 16.5. The number of ether oxygens (including phenoxy) is 1. The standard InChI is InChI=1S/C10H19N3O3/c1-8(9(11)14)10(15)12-2-3-13-4-6-16-7-5-13/h8H,2-7H2,1H3,(H2,11,14)(H,12,15). The van der Waals surface area contributed by atoms with Gasteiger partial charge in [0.2, 0.25) is 11.8 Å². The Morgan fingerprint density at radius 1 is 1.44 bits per heavy atom. The first-order valence-electron chi connectivity index (χ1n) is 5.48. The Balaban J connectivity index is 2.14. The summed E-state index contributed by atoms with van der Waals surface area (Å²) in [4.78, 5) is 24.3. The normalized spacial score (nSPS) is 19.1. The Hall–Kier alpha value is -1.14. The molecule has 1 aliphatic heterocycles. The van der Waals surface area contributed by atoms with E-state index in [1.165, 1.54) is 6.92 Å². The van der Waals surface area contributed by atoms with Crippen LogP contribution in [0.5, 0.6) is 0 Å². The largest absolute Gasteiger partial charge is 0.379 e. The molecule has 0 aromatic rings. The van der Waals surface area contributed by atoms with E-state index in [-0.39, 0.29) is 5.91 Å². The minimum atomic E-state index is -0.760. The first-order valence-corrected chi connectivity index (χ1v) is 5.48. The minimum Gasteiger partial charge on any atom is -0.379 e.